The van der Waals surface area contributed by atoms with Crippen molar-refractivity contribution in [2.45, 2.75) is 36.7 Å². The first-order valence-corrected chi connectivity index (χ1v) is 9.20. The van der Waals surface area contributed by atoms with Crippen LogP contribution < -0.4 is 10.0 Å². The summed E-state index contributed by atoms with van der Waals surface area (Å²) in [5.74, 6) is -2.54. The van der Waals surface area contributed by atoms with Crippen molar-refractivity contribution in [3.63, 3.8) is 0 Å². The molecule has 2 N–H and O–H groups in total. The summed E-state index contributed by atoms with van der Waals surface area (Å²) in [7, 11) is -2.44. The van der Waals surface area contributed by atoms with Crippen LogP contribution in [-0.4, -0.2) is 47.5 Å². The van der Waals surface area contributed by atoms with Crippen molar-refractivity contribution in [3.05, 3.63) is 23.5 Å². The standard InChI is InChI=1S/C14H15F3N4O4S/c1-21-5-4-9(19-21)8-6-10(14(15,16)17)18-12(22)11(8)13(23)20-26(24,25)7-2-3-7/h4-5,7,10H,2-3,6H2,1H3,(H,18,22)(H,20,23)/t10-/m1/s1. The average molecular weight is 392 g/mol. The van der Waals surface area contributed by atoms with Crippen LogP contribution in [0.2, 0.25) is 0 Å². The van der Waals surface area contributed by atoms with Gasteiger partial charge in [0, 0.05) is 25.2 Å². The number of carbonyl (C=O) groups is 2. The van der Waals surface area contributed by atoms with Crippen LogP contribution in [0.5, 0.6) is 0 Å². The Bertz CT molecular complexity index is 900. The maximum Gasteiger partial charge on any atom is 0.408 e. The van der Waals surface area contributed by atoms with Crippen LogP contribution in [0.15, 0.2) is 17.8 Å². The summed E-state index contributed by atoms with van der Waals surface area (Å²) >= 11 is 0. The molecule has 142 valence electrons. The van der Waals surface area contributed by atoms with E-state index in [1.807, 2.05) is 0 Å². The van der Waals surface area contributed by atoms with Gasteiger partial charge >= 0.3 is 6.18 Å². The predicted molar refractivity (Wildman–Crippen MR) is 82.8 cm³/mol. The third kappa shape index (κ3) is 3.59. The average Bonchev–Trinajstić information content (AvgIpc) is 3.28. The maximum atomic E-state index is 13.1. The first-order valence-electron chi connectivity index (χ1n) is 7.66. The van der Waals surface area contributed by atoms with Crippen LogP contribution in [0, 0.1) is 0 Å². The molecule has 1 aliphatic heterocycles. The zero-order valence-corrected chi connectivity index (χ0v) is 14.3. The molecule has 2 heterocycles. The van der Waals surface area contributed by atoms with Gasteiger partial charge in [0.05, 0.1) is 10.9 Å². The molecule has 0 aromatic carbocycles. The molecule has 1 aliphatic carbocycles. The third-order valence-corrected chi connectivity index (χ3v) is 5.90. The Morgan fingerprint density at radius 1 is 1.38 bits per heavy atom. The number of aryl methyl sites for hydroxylation is 1. The van der Waals surface area contributed by atoms with E-state index in [1.54, 1.807) is 10.0 Å². The molecule has 0 spiro atoms. The zero-order valence-electron chi connectivity index (χ0n) is 13.5. The Morgan fingerprint density at radius 2 is 2.04 bits per heavy atom. The minimum absolute atomic E-state index is 0.00516. The number of hydrogen-bond donors (Lipinski definition) is 2. The summed E-state index contributed by atoms with van der Waals surface area (Å²) in [4.78, 5) is 24.6. The number of halogens is 3. The van der Waals surface area contributed by atoms with Crippen LogP contribution in [0.4, 0.5) is 13.2 Å². The van der Waals surface area contributed by atoms with Crippen LogP contribution in [-0.2, 0) is 26.7 Å². The fourth-order valence-corrected chi connectivity index (χ4v) is 3.90. The van der Waals surface area contributed by atoms with Gasteiger partial charge in [-0.05, 0) is 18.9 Å². The first-order chi connectivity index (χ1) is 12.0. The molecule has 0 saturated heterocycles. The lowest BCUT2D eigenvalue weighted by Crippen LogP contribution is -2.51. The molecule has 1 atom stereocenters. The number of amides is 2. The van der Waals surface area contributed by atoms with Gasteiger partial charge in [0.2, 0.25) is 10.0 Å². The van der Waals surface area contributed by atoms with Crippen molar-refractivity contribution in [1.29, 1.82) is 0 Å². The Hall–Kier alpha value is -2.37. The molecule has 1 fully saturated rings. The minimum Gasteiger partial charge on any atom is -0.340 e. The van der Waals surface area contributed by atoms with Gasteiger partial charge in [-0.25, -0.2) is 13.1 Å². The van der Waals surface area contributed by atoms with E-state index in [2.05, 4.69) is 5.10 Å². The molecule has 1 aromatic rings. The second-order valence-corrected chi connectivity index (χ2v) is 8.14. The Morgan fingerprint density at radius 3 is 2.54 bits per heavy atom. The Labute approximate surface area is 146 Å². The monoisotopic (exact) mass is 392 g/mol. The lowest BCUT2D eigenvalue weighted by atomic mass is 9.92. The summed E-state index contributed by atoms with van der Waals surface area (Å²) in [5, 5.41) is 4.93. The van der Waals surface area contributed by atoms with Crippen molar-refractivity contribution in [2.75, 3.05) is 0 Å². The molecule has 2 aliphatic rings. The molecule has 1 saturated carbocycles. The molecular weight excluding hydrogens is 377 g/mol. The van der Waals surface area contributed by atoms with Gasteiger partial charge in [-0.3, -0.25) is 14.3 Å². The number of sulfonamides is 1. The fraction of sp³-hybridized carbons (Fsp3) is 0.500. The molecule has 12 heteroatoms. The van der Waals surface area contributed by atoms with Gasteiger partial charge in [0.25, 0.3) is 11.8 Å². The highest BCUT2D eigenvalue weighted by molar-refractivity contribution is 7.91. The molecule has 1 aromatic heterocycles. The van der Waals surface area contributed by atoms with Gasteiger partial charge < -0.3 is 5.32 Å². The largest absolute Gasteiger partial charge is 0.408 e. The van der Waals surface area contributed by atoms with Crippen LogP contribution in [0.3, 0.4) is 0 Å². The van der Waals surface area contributed by atoms with Crippen molar-refractivity contribution in [2.24, 2.45) is 7.05 Å². The summed E-state index contributed by atoms with van der Waals surface area (Å²) in [6, 6.07) is -0.840. The highest BCUT2D eigenvalue weighted by Crippen LogP contribution is 2.34. The molecule has 8 nitrogen and oxygen atoms in total. The summed E-state index contributed by atoms with van der Waals surface area (Å²) < 4.78 is 66.1. The van der Waals surface area contributed by atoms with Gasteiger partial charge in [-0.15, -0.1) is 0 Å². The SMILES string of the molecule is Cn1ccc(C2=C(C(=O)NS(=O)(=O)C3CC3)C(=O)N[C@@H](C(F)(F)F)C2)n1. The molecule has 0 unspecified atom stereocenters. The van der Waals surface area contributed by atoms with E-state index in [1.165, 1.54) is 24.0 Å². The summed E-state index contributed by atoms with van der Waals surface area (Å²) in [6.07, 6.45) is -3.24. The maximum absolute atomic E-state index is 13.1. The van der Waals surface area contributed by atoms with Crippen LogP contribution in [0.1, 0.15) is 25.0 Å². The third-order valence-electron chi connectivity index (χ3n) is 4.09. The zero-order chi connectivity index (χ0) is 19.3. The van der Waals surface area contributed by atoms with E-state index in [0.717, 1.165) is 0 Å². The molecule has 3 rings (SSSR count). The van der Waals surface area contributed by atoms with E-state index in [4.69, 9.17) is 0 Å². The highest BCUT2D eigenvalue weighted by atomic mass is 32.2. The van der Waals surface area contributed by atoms with E-state index < -0.39 is 51.3 Å². The second-order valence-electron chi connectivity index (χ2n) is 6.18. The number of nitrogens with zero attached hydrogens (tertiary/aromatic N) is 2. The van der Waals surface area contributed by atoms with Gasteiger partial charge in [0.1, 0.15) is 11.6 Å². The molecular formula is C14H15F3N4O4S. The first kappa shape index (κ1) is 18.4. The van der Waals surface area contributed by atoms with Crippen LogP contribution in [0.25, 0.3) is 5.57 Å². The van der Waals surface area contributed by atoms with Gasteiger partial charge in [-0.1, -0.05) is 0 Å². The second kappa shape index (κ2) is 6.11. The highest BCUT2D eigenvalue weighted by Gasteiger charge is 2.47. The molecule has 0 radical (unpaired) electrons. The number of alkyl halides is 3. The number of carbonyl (C=O) groups excluding carboxylic acids is 2. The van der Waals surface area contributed by atoms with Gasteiger partial charge in [0.15, 0.2) is 0 Å². The number of nitrogens with one attached hydrogen (secondary N) is 2. The number of rotatable bonds is 4. The minimum atomic E-state index is -4.72. The van der Waals surface area contributed by atoms with Crippen molar-refractivity contribution in [1.82, 2.24) is 19.8 Å². The number of aromatic nitrogens is 2. The fourth-order valence-electron chi connectivity index (χ4n) is 2.61. The Balaban J connectivity index is 2.02. The number of hydrogen-bond acceptors (Lipinski definition) is 5. The summed E-state index contributed by atoms with van der Waals surface area (Å²) in [5.41, 5.74) is -0.917. The molecule has 2 amide bonds. The van der Waals surface area contributed by atoms with E-state index in [-0.39, 0.29) is 11.3 Å². The lowest BCUT2D eigenvalue weighted by Gasteiger charge is -2.28. The van der Waals surface area contributed by atoms with E-state index in [0.29, 0.717) is 12.8 Å². The van der Waals surface area contributed by atoms with Gasteiger partial charge in [-0.2, -0.15) is 18.3 Å². The quantitative estimate of drug-likeness (QED) is 0.713. The normalized spacial score (nSPS) is 21.5. The van der Waals surface area contributed by atoms with E-state index in [9.17, 15) is 31.2 Å². The smallest absolute Gasteiger partial charge is 0.340 e. The molecule has 0 bridgehead atoms. The van der Waals surface area contributed by atoms with Crippen molar-refractivity contribution < 1.29 is 31.2 Å². The summed E-state index contributed by atoms with van der Waals surface area (Å²) in [6.45, 7) is 0. The lowest BCUT2D eigenvalue weighted by molar-refractivity contribution is -0.161. The predicted octanol–water partition coefficient (Wildman–Crippen LogP) is 0.233. The van der Waals surface area contributed by atoms with Crippen molar-refractivity contribution in [3.8, 4) is 0 Å². The topological polar surface area (TPSA) is 110 Å². The Kier molecular flexibility index (Phi) is 4.33. The van der Waals surface area contributed by atoms with E-state index >= 15 is 0 Å². The van der Waals surface area contributed by atoms with Crippen molar-refractivity contribution >= 4 is 27.4 Å². The molecule has 26 heavy (non-hydrogen) atoms. The van der Waals surface area contributed by atoms with Crippen LogP contribution >= 0.6 is 0 Å².